The lowest BCUT2D eigenvalue weighted by molar-refractivity contribution is -0.384. The highest BCUT2D eigenvalue weighted by atomic mass is 16.6. The summed E-state index contributed by atoms with van der Waals surface area (Å²) in [5, 5.41) is 23.0. The molecule has 0 saturated heterocycles. The van der Waals surface area contributed by atoms with Gasteiger partial charge in [0.15, 0.2) is 0 Å². The Hall–Kier alpha value is -2.18. The summed E-state index contributed by atoms with van der Waals surface area (Å²) in [5.74, 6) is -0.831. The summed E-state index contributed by atoms with van der Waals surface area (Å²) < 4.78 is 0. The molecule has 0 fully saturated rings. The smallest absolute Gasteiger partial charge is 0.311 e. The van der Waals surface area contributed by atoms with Crippen molar-refractivity contribution in [3.05, 3.63) is 27.9 Å². The lowest BCUT2D eigenvalue weighted by Gasteiger charge is -2.26. The van der Waals surface area contributed by atoms with E-state index < -0.39 is 16.9 Å². The van der Waals surface area contributed by atoms with Gasteiger partial charge >= 0.3 is 11.7 Å². The molecule has 0 aliphatic heterocycles. The molecule has 1 atom stereocenters. The molecule has 7 nitrogen and oxygen atoms in total. The summed E-state index contributed by atoms with van der Waals surface area (Å²) >= 11 is 0. The van der Waals surface area contributed by atoms with Crippen LogP contribution < -0.4 is 5.32 Å². The Kier molecular flexibility index (Phi) is 5.23. The second-order valence-corrected chi connectivity index (χ2v) is 6.28. The van der Waals surface area contributed by atoms with Crippen LogP contribution >= 0.6 is 0 Å². The van der Waals surface area contributed by atoms with Crippen molar-refractivity contribution >= 4 is 17.5 Å². The molecule has 1 aromatic heterocycles. The van der Waals surface area contributed by atoms with Gasteiger partial charge in [-0.15, -0.1) is 0 Å². The van der Waals surface area contributed by atoms with E-state index in [1.807, 2.05) is 20.8 Å². The molecule has 1 aromatic rings. The van der Waals surface area contributed by atoms with E-state index in [1.165, 1.54) is 6.07 Å². The number of rotatable bonds is 6. The SMILES string of the molecule is Cc1ccc([N+](=O)[O-])c(NC(CC(=O)O)CC(C)(C)C)n1. The third kappa shape index (κ3) is 5.76. The molecule has 0 spiro atoms. The summed E-state index contributed by atoms with van der Waals surface area (Å²) in [6, 6.07) is 2.51. The Morgan fingerprint density at radius 2 is 2.10 bits per heavy atom. The number of nitrogens with zero attached hydrogens (tertiary/aromatic N) is 2. The van der Waals surface area contributed by atoms with Crippen molar-refractivity contribution in [2.24, 2.45) is 5.41 Å². The molecule has 2 N–H and O–H groups in total. The minimum Gasteiger partial charge on any atom is -0.481 e. The van der Waals surface area contributed by atoms with E-state index in [9.17, 15) is 14.9 Å². The number of carboxylic acids is 1. The Balaban J connectivity index is 3.04. The van der Waals surface area contributed by atoms with Crippen molar-refractivity contribution < 1.29 is 14.8 Å². The summed E-state index contributed by atoms with van der Waals surface area (Å²) in [7, 11) is 0. The maximum absolute atomic E-state index is 11.0. The van der Waals surface area contributed by atoms with E-state index in [0.29, 0.717) is 12.1 Å². The first-order valence-corrected chi connectivity index (χ1v) is 6.69. The Morgan fingerprint density at radius 3 is 2.57 bits per heavy atom. The standard InChI is InChI=1S/C14H21N3O4/c1-9-5-6-11(17(20)21)13(15-9)16-10(7-12(18)19)8-14(2,3)4/h5-6,10H,7-8H2,1-4H3,(H,15,16)(H,18,19). The zero-order valence-corrected chi connectivity index (χ0v) is 12.7. The summed E-state index contributed by atoms with van der Waals surface area (Å²) in [6.45, 7) is 7.69. The third-order valence-corrected chi connectivity index (χ3v) is 2.83. The van der Waals surface area contributed by atoms with Gasteiger partial charge in [0.1, 0.15) is 0 Å². The topological polar surface area (TPSA) is 105 Å². The molecular weight excluding hydrogens is 274 g/mol. The fourth-order valence-electron chi connectivity index (χ4n) is 2.12. The Morgan fingerprint density at radius 1 is 1.48 bits per heavy atom. The van der Waals surface area contributed by atoms with Crippen molar-refractivity contribution in [3.63, 3.8) is 0 Å². The second kappa shape index (κ2) is 6.51. The molecule has 0 aliphatic carbocycles. The molecular formula is C14H21N3O4. The molecule has 0 saturated carbocycles. The summed E-state index contributed by atoms with van der Waals surface area (Å²) in [4.78, 5) is 25.6. The number of nitro groups is 1. The number of aryl methyl sites for hydroxylation is 1. The fourth-order valence-corrected chi connectivity index (χ4v) is 2.12. The zero-order chi connectivity index (χ0) is 16.2. The number of anilines is 1. The van der Waals surface area contributed by atoms with Crippen LogP contribution in [0.1, 0.15) is 39.3 Å². The molecule has 116 valence electrons. The van der Waals surface area contributed by atoms with Crippen LogP contribution in [0.3, 0.4) is 0 Å². The maximum Gasteiger partial charge on any atom is 0.311 e. The molecule has 0 amide bonds. The van der Waals surface area contributed by atoms with Crippen LogP contribution in [0.5, 0.6) is 0 Å². The van der Waals surface area contributed by atoms with Crippen molar-refractivity contribution in [1.82, 2.24) is 4.98 Å². The molecule has 0 aromatic carbocycles. The molecule has 1 unspecified atom stereocenters. The van der Waals surface area contributed by atoms with Gasteiger partial charge in [0.25, 0.3) is 0 Å². The van der Waals surface area contributed by atoms with Gasteiger partial charge < -0.3 is 10.4 Å². The first-order valence-electron chi connectivity index (χ1n) is 6.69. The van der Waals surface area contributed by atoms with Gasteiger partial charge in [-0.05, 0) is 24.8 Å². The summed E-state index contributed by atoms with van der Waals surface area (Å²) in [6.07, 6.45) is 0.441. The van der Waals surface area contributed by atoms with Gasteiger partial charge in [-0.3, -0.25) is 14.9 Å². The fraction of sp³-hybridized carbons (Fsp3) is 0.571. The van der Waals surface area contributed by atoms with E-state index in [2.05, 4.69) is 10.3 Å². The number of carboxylic acid groups (broad SMARTS) is 1. The van der Waals surface area contributed by atoms with Crippen LogP contribution in [-0.2, 0) is 4.79 Å². The first-order chi connectivity index (χ1) is 9.58. The molecule has 7 heteroatoms. The van der Waals surface area contributed by atoms with E-state index in [4.69, 9.17) is 5.11 Å². The molecule has 0 aliphatic rings. The second-order valence-electron chi connectivity index (χ2n) is 6.28. The van der Waals surface area contributed by atoms with Gasteiger partial charge in [0, 0.05) is 17.8 Å². The van der Waals surface area contributed by atoms with Crippen LogP contribution in [0, 0.1) is 22.5 Å². The number of carbonyl (C=O) groups is 1. The average Bonchev–Trinajstić information content (AvgIpc) is 2.24. The molecule has 21 heavy (non-hydrogen) atoms. The van der Waals surface area contributed by atoms with E-state index in [1.54, 1.807) is 13.0 Å². The quantitative estimate of drug-likeness (QED) is 0.617. The minimum atomic E-state index is -0.952. The normalized spacial score (nSPS) is 12.8. The van der Waals surface area contributed by atoms with E-state index >= 15 is 0 Å². The number of aromatic nitrogens is 1. The maximum atomic E-state index is 11.0. The third-order valence-electron chi connectivity index (χ3n) is 2.83. The minimum absolute atomic E-state index is 0.105. The highest BCUT2D eigenvalue weighted by molar-refractivity contribution is 5.68. The van der Waals surface area contributed by atoms with Crippen LogP contribution in [0.15, 0.2) is 12.1 Å². The van der Waals surface area contributed by atoms with Crippen LogP contribution in [-0.4, -0.2) is 27.0 Å². The van der Waals surface area contributed by atoms with Gasteiger partial charge in [-0.1, -0.05) is 20.8 Å². The van der Waals surface area contributed by atoms with Gasteiger partial charge in [0.05, 0.1) is 11.3 Å². The van der Waals surface area contributed by atoms with Crippen molar-refractivity contribution in [2.45, 2.75) is 46.6 Å². The highest BCUT2D eigenvalue weighted by Gasteiger charge is 2.24. The first kappa shape index (κ1) is 16.9. The largest absolute Gasteiger partial charge is 0.481 e. The van der Waals surface area contributed by atoms with Crippen LogP contribution in [0.25, 0.3) is 0 Å². The summed E-state index contributed by atoms with van der Waals surface area (Å²) in [5.41, 5.74) is 0.379. The highest BCUT2D eigenvalue weighted by Crippen LogP contribution is 2.28. The number of pyridine rings is 1. The number of hydrogen-bond donors (Lipinski definition) is 2. The predicted molar refractivity (Wildman–Crippen MR) is 79.4 cm³/mol. The van der Waals surface area contributed by atoms with Crippen molar-refractivity contribution in [3.8, 4) is 0 Å². The molecule has 0 bridgehead atoms. The Bertz CT molecular complexity index is 538. The lowest BCUT2D eigenvalue weighted by Crippen LogP contribution is -2.29. The molecule has 1 heterocycles. The average molecular weight is 295 g/mol. The molecule has 0 radical (unpaired) electrons. The van der Waals surface area contributed by atoms with Crippen LogP contribution in [0.2, 0.25) is 0 Å². The lowest BCUT2D eigenvalue weighted by atomic mass is 9.87. The van der Waals surface area contributed by atoms with Gasteiger partial charge in [0.2, 0.25) is 5.82 Å². The number of nitrogens with one attached hydrogen (secondary N) is 1. The zero-order valence-electron chi connectivity index (χ0n) is 12.7. The van der Waals surface area contributed by atoms with Crippen molar-refractivity contribution in [1.29, 1.82) is 0 Å². The molecule has 1 rings (SSSR count). The van der Waals surface area contributed by atoms with Crippen molar-refractivity contribution in [2.75, 3.05) is 5.32 Å². The number of aliphatic carboxylic acids is 1. The predicted octanol–water partition coefficient (Wildman–Crippen LogP) is 2.99. The van der Waals surface area contributed by atoms with Crippen LogP contribution in [0.4, 0.5) is 11.5 Å². The Labute approximate surface area is 123 Å². The van der Waals surface area contributed by atoms with E-state index in [0.717, 1.165) is 0 Å². The van der Waals surface area contributed by atoms with Gasteiger partial charge in [-0.2, -0.15) is 0 Å². The monoisotopic (exact) mass is 295 g/mol. The van der Waals surface area contributed by atoms with E-state index in [-0.39, 0.29) is 23.3 Å². The van der Waals surface area contributed by atoms with Gasteiger partial charge in [-0.25, -0.2) is 4.98 Å². The number of hydrogen-bond acceptors (Lipinski definition) is 5.